The van der Waals surface area contributed by atoms with Gasteiger partial charge in [0.05, 0.1) is 18.8 Å². The molecule has 0 aliphatic carbocycles. The van der Waals surface area contributed by atoms with E-state index in [-0.39, 0.29) is 12.5 Å². The van der Waals surface area contributed by atoms with Gasteiger partial charge in [-0.3, -0.25) is 4.79 Å². The summed E-state index contributed by atoms with van der Waals surface area (Å²) < 4.78 is 0. The summed E-state index contributed by atoms with van der Waals surface area (Å²) in [7, 11) is 0. The van der Waals surface area contributed by atoms with E-state index < -0.39 is 12.1 Å². The van der Waals surface area contributed by atoms with E-state index in [1.54, 1.807) is 6.08 Å². The minimum absolute atomic E-state index is 0.0930. The lowest BCUT2D eigenvalue weighted by Gasteiger charge is -2.19. The van der Waals surface area contributed by atoms with Crippen molar-refractivity contribution in [3.63, 3.8) is 0 Å². The maximum Gasteiger partial charge on any atom is 0.220 e. The van der Waals surface area contributed by atoms with E-state index in [9.17, 15) is 15.0 Å². The number of aliphatic hydroxyl groups excluding tert-OH is 2. The third kappa shape index (κ3) is 39.6. The highest BCUT2D eigenvalue weighted by Crippen LogP contribution is 2.16. The van der Waals surface area contributed by atoms with Gasteiger partial charge in [-0.15, -0.1) is 0 Å². The molecule has 0 bridgehead atoms. The van der Waals surface area contributed by atoms with Crippen molar-refractivity contribution in [2.45, 2.75) is 244 Å². The molecule has 0 aromatic rings. The molecule has 0 saturated carbocycles. The molecule has 0 aliphatic heterocycles. The van der Waals surface area contributed by atoms with Gasteiger partial charge in [-0.1, -0.05) is 223 Å². The Hall–Kier alpha value is -1.65. The van der Waals surface area contributed by atoms with Crippen LogP contribution in [0.1, 0.15) is 232 Å². The molecule has 4 heteroatoms. The van der Waals surface area contributed by atoms with Crippen molar-refractivity contribution >= 4 is 5.91 Å². The number of unbranched alkanes of at least 4 members (excludes halogenated alkanes) is 28. The van der Waals surface area contributed by atoms with Crippen LogP contribution >= 0.6 is 0 Å². The summed E-state index contributed by atoms with van der Waals surface area (Å²) in [6, 6.07) is -0.638. The minimum Gasteiger partial charge on any atom is -0.394 e. The molecule has 2 atom stereocenters. The van der Waals surface area contributed by atoms with Gasteiger partial charge >= 0.3 is 0 Å². The number of aliphatic hydroxyl groups is 2. The summed E-state index contributed by atoms with van der Waals surface area (Å²) >= 11 is 0. The number of hydrogen-bond donors (Lipinski definition) is 3. The van der Waals surface area contributed by atoms with Gasteiger partial charge in [-0.25, -0.2) is 0 Å². The van der Waals surface area contributed by atoms with Crippen LogP contribution in [-0.4, -0.2) is 34.9 Å². The van der Waals surface area contributed by atoms with Crippen LogP contribution in [0.5, 0.6) is 0 Å². The molecule has 0 aromatic carbocycles. The summed E-state index contributed by atoms with van der Waals surface area (Å²) in [6.07, 6.45) is 59.6. The molecule has 4 nitrogen and oxygen atoms in total. The Morgan fingerprint density at radius 1 is 0.481 bits per heavy atom. The highest BCUT2D eigenvalue weighted by Gasteiger charge is 2.17. The zero-order chi connectivity index (χ0) is 37.8. The number of hydrogen-bond acceptors (Lipinski definition) is 3. The Kier molecular flexibility index (Phi) is 42.4. The van der Waals surface area contributed by atoms with Crippen molar-refractivity contribution in [1.29, 1.82) is 0 Å². The SMILES string of the molecule is CC/C=C\C/C=C\C/C=C\CCCCCC(=O)NC(CO)C(O)/C=C/CCCCCCCCCCCCCCCCCCCCCCCCCCC. The Morgan fingerprint density at radius 3 is 1.27 bits per heavy atom. The molecular formula is C48H89NO3. The fraction of sp³-hybridized carbons (Fsp3) is 0.812. The average molecular weight is 728 g/mol. The number of amides is 1. The molecule has 0 saturated heterocycles. The predicted molar refractivity (Wildman–Crippen MR) is 230 cm³/mol. The second kappa shape index (κ2) is 43.8. The number of carbonyl (C=O) groups excluding carboxylic acids is 1. The van der Waals surface area contributed by atoms with E-state index >= 15 is 0 Å². The molecule has 2 unspecified atom stereocenters. The van der Waals surface area contributed by atoms with Gasteiger partial charge in [0.1, 0.15) is 0 Å². The van der Waals surface area contributed by atoms with Crippen molar-refractivity contribution in [3.8, 4) is 0 Å². The van der Waals surface area contributed by atoms with Crippen molar-refractivity contribution in [1.82, 2.24) is 5.32 Å². The van der Waals surface area contributed by atoms with Gasteiger partial charge in [-0.2, -0.15) is 0 Å². The van der Waals surface area contributed by atoms with Crippen molar-refractivity contribution in [2.24, 2.45) is 0 Å². The minimum atomic E-state index is -0.852. The van der Waals surface area contributed by atoms with E-state index in [0.717, 1.165) is 57.8 Å². The Balaban J connectivity index is 3.52. The maximum absolute atomic E-state index is 12.3. The van der Waals surface area contributed by atoms with E-state index in [1.807, 2.05) is 6.08 Å². The molecule has 3 N–H and O–H groups in total. The molecule has 304 valence electrons. The second-order valence-corrected chi connectivity index (χ2v) is 15.4. The van der Waals surface area contributed by atoms with Gasteiger partial charge in [0, 0.05) is 6.42 Å². The summed E-state index contributed by atoms with van der Waals surface area (Å²) in [6.45, 7) is 4.19. The van der Waals surface area contributed by atoms with Crippen LogP contribution in [0.2, 0.25) is 0 Å². The van der Waals surface area contributed by atoms with Crippen LogP contribution in [0.15, 0.2) is 48.6 Å². The lowest BCUT2D eigenvalue weighted by molar-refractivity contribution is -0.123. The van der Waals surface area contributed by atoms with Crippen LogP contribution in [0.3, 0.4) is 0 Å². The standard InChI is InChI=1S/C48H89NO3/c1-3-5-7-9-11-13-15-17-18-19-20-21-22-23-24-25-26-27-28-29-30-32-33-35-37-39-41-43-47(51)46(45-50)49-48(52)44-42-40-38-36-34-31-16-14-12-10-8-6-4-2/h6,8,12,14,31,34,41,43,46-47,50-51H,3-5,7,9-11,13,15-30,32-33,35-40,42,44-45H2,1-2H3,(H,49,52)/b8-6-,14-12-,34-31-,43-41+. The molecule has 0 spiro atoms. The zero-order valence-electron chi connectivity index (χ0n) is 34.8. The van der Waals surface area contributed by atoms with Gasteiger partial charge in [0.15, 0.2) is 0 Å². The van der Waals surface area contributed by atoms with Gasteiger partial charge in [-0.05, 0) is 51.4 Å². The van der Waals surface area contributed by atoms with Crippen LogP contribution in [0, 0.1) is 0 Å². The predicted octanol–water partition coefficient (Wildman–Crippen LogP) is 14.4. The highest BCUT2D eigenvalue weighted by molar-refractivity contribution is 5.76. The van der Waals surface area contributed by atoms with Crippen molar-refractivity contribution in [2.75, 3.05) is 6.61 Å². The molecule has 0 aromatic heterocycles. The molecule has 52 heavy (non-hydrogen) atoms. The third-order valence-electron chi connectivity index (χ3n) is 10.3. The van der Waals surface area contributed by atoms with E-state index in [2.05, 4.69) is 55.6 Å². The van der Waals surface area contributed by atoms with E-state index in [4.69, 9.17) is 0 Å². The first-order valence-corrected chi connectivity index (χ1v) is 22.9. The average Bonchev–Trinajstić information content (AvgIpc) is 3.15. The summed E-state index contributed by atoms with van der Waals surface area (Å²) in [5, 5.41) is 23.0. The first-order valence-electron chi connectivity index (χ1n) is 22.9. The van der Waals surface area contributed by atoms with Gasteiger partial charge in [0.2, 0.25) is 5.91 Å². The molecule has 0 heterocycles. The maximum atomic E-state index is 12.3. The Bertz CT molecular complexity index is 831. The topological polar surface area (TPSA) is 69.6 Å². The van der Waals surface area contributed by atoms with E-state index in [0.29, 0.717) is 6.42 Å². The van der Waals surface area contributed by atoms with Crippen LogP contribution in [-0.2, 0) is 4.79 Å². The number of rotatable bonds is 41. The zero-order valence-corrected chi connectivity index (χ0v) is 34.8. The number of allylic oxidation sites excluding steroid dienone is 7. The first kappa shape index (κ1) is 50.4. The molecule has 0 aliphatic rings. The molecule has 1 amide bonds. The van der Waals surface area contributed by atoms with Crippen molar-refractivity contribution < 1.29 is 15.0 Å². The second-order valence-electron chi connectivity index (χ2n) is 15.4. The first-order chi connectivity index (χ1) is 25.7. The quantitative estimate of drug-likeness (QED) is 0.0434. The summed E-state index contributed by atoms with van der Waals surface area (Å²) in [4.78, 5) is 12.3. The van der Waals surface area contributed by atoms with Crippen molar-refractivity contribution in [3.05, 3.63) is 48.6 Å². The molecule has 0 fully saturated rings. The number of carbonyl (C=O) groups is 1. The number of nitrogens with one attached hydrogen (secondary N) is 1. The monoisotopic (exact) mass is 728 g/mol. The normalized spacial score (nSPS) is 13.4. The van der Waals surface area contributed by atoms with Gasteiger partial charge < -0.3 is 15.5 Å². The van der Waals surface area contributed by atoms with E-state index in [1.165, 1.54) is 154 Å². The van der Waals surface area contributed by atoms with Gasteiger partial charge in [0.25, 0.3) is 0 Å². The molecule has 0 radical (unpaired) electrons. The fourth-order valence-electron chi connectivity index (χ4n) is 6.84. The Morgan fingerprint density at radius 2 is 0.846 bits per heavy atom. The van der Waals surface area contributed by atoms with Crippen LogP contribution in [0.25, 0.3) is 0 Å². The third-order valence-corrected chi connectivity index (χ3v) is 10.3. The molecule has 0 rings (SSSR count). The smallest absolute Gasteiger partial charge is 0.220 e. The summed E-state index contributed by atoms with van der Waals surface area (Å²) in [5.74, 6) is -0.0930. The fourth-order valence-corrected chi connectivity index (χ4v) is 6.84. The highest BCUT2D eigenvalue weighted by atomic mass is 16.3. The Labute approximate surface area is 324 Å². The largest absolute Gasteiger partial charge is 0.394 e. The lowest BCUT2D eigenvalue weighted by Crippen LogP contribution is -2.45. The lowest BCUT2D eigenvalue weighted by atomic mass is 10.0. The van der Waals surface area contributed by atoms with Crippen LogP contribution < -0.4 is 5.32 Å². The molecular weight excluding hydrogens is 639 g/mol. The summed E-state index contributed by atoms with van der Waals surface area (Å²) in [5.41, 5.74) is 0. The van der Waals surface area contributed by atoms with Crippen LogP contribution in [0.4, 0.5) is 0 Å².